The van der Waals surface area contributed by atoms with E-state index in [0.717, 1.165) is 22.6 Å². The van der Waals surface area contributed by atoms with Crippen molar-refractivity contribution in [1.29, 1.82) is 0 Å². The van der Waals surface area contributed by atoms with Crippen LogP contribution in [-0.2, 0) is 20.1 Å². The van der Waals surface area contributed by atoms with Crippen LogP contribution < -0.4 is 0 Å². The van der Waals surface area contributed by atoms with Crippen LogP contribution in [0.5, 0.6) is 0 Å². The molecule has 27 heavy (non-hydrogen) atoms. The molecule has 0 atom stereocenters. The average Bonchev–Trinajstić information content (AvgIpc) is 3.29. The van der Waals surface area contributed by atoms with E-state index in [-0.39, 0.29) is 20.1 Å². The number of hydrogen-bond acceptors (Lipinski definition) is 4. The Hall–Kier alpha value is -2.30. The number of hydrogen-bond donors (Lipinski definition) is 0. The molecule has 0 amide bonds. The second kappa shape index (κ2) is 7.75. The molecule has 0 aliphatic carbocycles. The molecule has 0 unspecified atom stereocenters. The van der Waals surface area contributed by atoms with E-state index in [1.807, 2.05) is 10.7 Å². The van der Waals surface area contributed by atoms with Gasteiger partial charge in [-0.2, -0.15) is 5.10 Å². The molecule has 0 saturated heterocycles. The van der Waals surface area contributed by atoms with Crippen molar-refractivity contribution >= 4 is 11.1 Å². The van der Waals surface area contributed by atoms with Gasteiger partial charge in [-0.25, -0.2) is 4.98 Å². The zero-order valence-electron chi connectivity index (χ0n) is 15.7. The van der Waals surface area contributed by atoms with Crippen LogP contribution >= 0.6 is 0 Å². The van der Waals surface area contributed by atoms with Gasteiger partial charge in [0.05, 0.1) is 17.1 Å². The maximum Gasteiger partial charge on any atom is 0.169 e. The van der Waals surface area contributed by atoms with Gasteiger partial charge in [-0.15, -0.1) is 23.8 Å². The average molecular weight is 538 g/mol. The van der Waals surface area contributed by atoms with Crippen molar-refractivity contribution in [1.82, 2.24) is 19.7 Å². The summed E-state index contributed by atoms with van der Waals surface area (Å²) >= 11 is 0. The van der Waals surface area contributed by atoms with E-state index in [2.05, 4.69) is 67.0 Å². The van der Waals surface area contributed by atoms with Gasteiger partial charge in [-0.05, 0) is 23.0 Å². The maximum absolute atomic E-state index is 5.32. The van der Waals surface area contributed by atoms with Crippen molar-refractivity contribution in [2.45, 2.75) is 39.5 Å². The fourth-order valence-corrected chi connectivity index (χ4v) is 3.28. The molecule has 6 heteroatoms. The van der Waals surface area contributed by atoms with Crippen molar-refractivity contribution < 1.29 is 24.5 Å². The van der Waals surface area contributed by atoms with E-state index < -0.39 is 0 Å². The predicted molar refractivity (Wildman–Crippen MR) is 101 cm³/mol. The third-order valence-electron chi connectivity index (χ3n) is 4.61. The Morgan fingerprint density at radius 2 is 1.74 bits per heavy atom. The first-order chi connectivity index (χ1) is 12.6. The summed E-state index contributed by atoms with van der Waals surface area (Å²) in [5.41, 5.74) is 5.96. The van der Waals surface area contributed by atoms with Crippen LogP contribution in [0.15, 0.2) is 47.5 Å². The van der Waals surface area contributed by atoms with E-state index in [1.54, 1.807) is 12.4 Å². The summed E-state index contributed by atoms with van der Waals surface area (Å²) in [5.74, 6) is 1.51. The quantitative estimate of drug-likeness (QED) is 0.339. The second-order valence-corrected chi connectivity index (χ2v) is 7.04. The van der Waals surface area contributed by atoms with Gasteiger partial charge >= 0.3 is 0 Å². The monoisotopic (exact) mass is 538 g/mol. The molecular weight excluding hydrogens is 516 g/mol. The number of benzene rings is 2. The third-order valence-corrected chi connectivity index (χ3v) is 4.61. The van der Waals surface area contributed by atoms with Crippen molar-refractivity contribution in [3.05, 3.63) is 60.2 Å². The minimum atomic E-state index is 0. The topological polar surface area (TPSA) is 56.7 Å². The molecule has 4 aromatic rings. The summed E-state index contributed by atoms with van der Waals surface area (Å²) in [5, 5.41) is 4.56. The number of aromatic nitrogens is 4. The SMILES string of the molecule is CC(C)c1cccc(C(C)C)c1-n1ncnc1-c1[c-]cc2ocnc2c1.[Ir]. The fourth-order valence-electron chi connectivity index (χ4n) is 3.28. The summed E-state index contributed by atoms with van der Waals surface area (Å²) in [4.78, 5) is 8.76. The number of oxazole rings is 1. The van der Waals surface area contributed by atoms with E-state index in [9.17, 15) is 0 Å². The summed E-state index contributed by atoms with van der Waals surface area (Å²) in [6, 6.07) is 13.4. The molecule has 0 spiro atoms. The zero-order chi connectivity index (χ0) is 18.3. The van der Waals surface area contributed by atoms with Gasteiger partial charge in [0, 0.05) is 25.6 Å². The molecule has 0 aliphatic rings. The molecule has 0 aliphatic heterocycles. The number of nitrogens with zero attached hydrogens (tertiary/aromatic N) is 4. The van der Waals surface area contributed by atoms with Gasteiger partial charge in [-0.3, -0.25) is 9.67 Å². The molecule has 0 fully saturated rings. The van der Waals surface area contributed by atoms with Gasteiger partial charge in [-0.1, -0.05) is 45.9 Å². The second-order valence-electron chi connectivity index (χ2n) is 7.04. The molecule has 2 aromatic carbocycles. The van der Waals surface area contributed by atoms with Crippen LogP contribution in [0.2, 0.25) is 0 Å². The van der Waals surface area contributed by atoms with Gasteiger partial charge < -0.3 is 4.42 Å². The standard InChI is InChI=1S/C21H21N4O.Ir/c1-13(2)16-6-5-7-17(14(3)4)20(16)25-21(22-11-24-25)15-8-9-19-18(10-15)23-12-26-19;/h5-7,9-14H,1-4H3;/q-1;. The van der Waals surface area contributed by atoms with Gasteiger partial charge in [0.2, 0.25) is 0 Å². The van der Waals surface area contributed by atoms with E-state index >= 15 is 0 Å². The van der Waals surface area contributed by atoms with Crippen LogP contribution in [0.4, 0.5) is 0 Å². The maximum atomic E-state index is 5.32. The third kappa shape index (κ3) is 3.47. The Morgan fingerprint density at radius 1 is 1.04 bits per heavy atom. The molecule has 1 radical (unpaired) electrons. The largest absolute Gasteiger partial charge is 0.490 e. The summed E-state index contributed by atoms with van der Waals surface area (Å²) in [6.07, 6.45) is 3.04. The van der Waals surface area contributed by atoms with Crippen molar-refractivity contribution in [3.63, 3.8) is 0 Å². The molecule has 0 N–H and O–H groups in total. The molecule has 2 heterocycles. The zero-order valence-corrected chi connectivity index (χ0v) is 18.1. The normalized spacial score (nSPS) is 11.3. The molecular formula is C21H21IrN4O-. The van der Waals surface area contributed by atoms with E-state index in [0.29, 0.717) is 17.4 Å². The summed E-state index contributed by atoms with van der Waals surface area (Å²) in [6.45, 7) is 8.81. The van der Waals surface area contributed by atoms with Gasteiger partial charge in [0.15, 0.2) is 6.39 Å². The van der Waals surface area contributed by atoms with Crippen molar-refractivity contribution in [2.24, 2.45) is 0 Å². The van der Waals surface area contributed by atoms with E-state index in [4.69, 9.17) is 4.42 Å². The van der Waals surface area contributed by atoms with Gasteiger partial charge in [0.1, 0.15) is 6.33 Å². The molecule has 0 saturated carbocycles. The first kappa shape index (κ1) is 19.5. The fraction of sp³-hybridized carbons (Fsp3) is 0.286. The first-order valence-electron chi connectivity index (χ1n) is 8.84. The van der Waals surface area contributed by atoms with Crippen molar-refractivity contribution in [2.75, 3.05) is 0 Å². The molecule has 141 valence electrons. The molecule has 5 nitrogen and oxygen atoms in total. The Balaban J connectivity index is 0.00000210. The van der Waals surface area contributed by atoms with Crippen LogP contribution in [-0.4, -0.2) is 19.7 Å². The van der Waals surface area contributed by atoms with Crippen LogP contribution in [0, 0.1) is 6.07 Å². The number of fused-ring (bicyclic) bond motifs is 1. The Kier molecular flexibility index (Phi) is 5.58. The minimum Gasteiger partial charge on any atom is -0.490 e. The Morgan fingerprint density at radius 3 is 2.41 bits per heavy atom. The van der Waals surface area contributed by atoms with Crippen LogP contribution in [0.1, 0.15) is 50.7 Å². The number of rotatable bonds is 4. The minimum absolute atomic E-state index is 0. The van der Waals surface area contributed by atoms with Crippen LogP contribution in [0.25, 0.3) is 28.2 Å². The molecule has 4 rings (SSSR count). The van der Waals surface area contributed by atoms with Crippen molar-refractivity contribution in [3.8, 4) is 17.1 Å². The predicted octanol–water partition coefficient (Wildman–Crippen LogP) is 5.12. The van der Waals surface area contributed by atoms with Gasteiger partial charge in [0.25, 0.3) is 0 Å². The Bertz CT molecular complexity index is 1040. The number of para-hydroxylation sites is 1. The van der Waals surface area contributed by atoms with Crippen LogP contribution in [0.3, 0.4) is 0 Å². The summed E-state index contributed by atoms with van der Waals surface area (Å²) in [7, 11) is 0. The Labute approximate surface area is 172 Å². The summed E-state index contributed by atoms with van der Waals surface area (Å²) < 4.78 is 7.25. The first-order valence-corrected chi connectivity index (χ1v) is 8.84. The van der Waals surface area contributed by atoms with E-state index in [1.165, 1.54) is 17.5 Å². The molecule has 2 aromatic heterocycles. The molecule has 0 bridgehead atoms. The smallest absolute Gasteiger partial charge is 0.169 e.